The number of hydrogen-bond donors (Lipinski definition) is 1. The van der Waals surface area contributed by atoms with Crippen molar-refractivity contribution in [3.05, 3.63) is 0 Å². The van der Waals surface area contributed by atoms with Gasteiger partial charge in [-0.05, 0) is 31.7 Å². The van der Waals surface area contributed by atoms with Crippen LogP contribution < -0.4 is 5.32 Å². The lowest BCUT2D eigenvalue weighted by atomic mass is 10.1. The first-order chi connectivity index (χ1) is 7.92. The summed E-state index contributed by atoms with van der Waals surface area (Å²) in [5.41, 5.74) is 0. The van der Waals surface area contributed by atoms with Gasteiger partial charge in [0.1, 0.15) is 0 Å². The first kappa shape index (κ1) is 11.0. The van der Waals surface area contributed by atoms with Gasteiger partial charge in [-0.2, -0.15) is 0 Å². The summed E-state index contributed by atoms with van der Waals surface area (Å²) < 4.78 is 5.39. The highest BCUT2D eigenvalue weighted by atomic mass is 16.5. The lowest BCUT2D eigenvalue weighted by Gasteiger charge is -2.34. The predicted molar refractivity (Wildman–Crippen MR) is 63.1 cm³/mol. The van der Waals surface area contributed by atoms with Gasteiger partial charge in [0.2, 0.25) is 0 Å². The third-order valence-electron chi connectivity index (χ3n) is 3.92. The molecule has 0 radical (unpaired) electrons. The Kier molecular flexibility index (Phi) is 3.43. The number of morpholine rings is 1. The van der Waals surface area contributed by atoms with Crippen LogP contribution in [0.3, 0.4) is 0 Å². The lowest BCUT2D eigenvalue weighted by Crippen LogP contribution is -2.47. The Morgan fingerprint density at radius 3 is 2.56 bits per heavy atom. The van der Waals surface area contributed by atoms with E-state index in [0.717, 1.165) is 38.3 Å². The number of hydrogen-bond acceptors (Lipinski definition) is 4. The summed E-state index contributed by atoms with van der Waals surface area (Å²) in [5, 5.41) is 8.68. The molecular weight excluding hydrogens is 202 g/mol. The Morgan fingerprint density at radius 2 is 1.81 bits per heavy atom. The molecule has 0 aromatic heterocycles. The number of ether oxygens (including phenoxy) is 1. The maximum absolute atomic E-state index is 5.39. The highest BCUT2D eigenvalue weighted by molar-refractivity contribution is 4.84. The van der Waals surface area contributed by atoms with E-state index in [1.807, 2.05) is 0 Å². The van der Waals surface area contributed by atoms with Crippen molar-refractivity contribution in [3.8, 4) is 0 Å². The Labute approximate surface area is 97.9 Å². The number of nitrogens with zero attached hydrogens (tertiary/aromatic N) is 2. The van der Waals surface area contributed by atoms with Crippen LogP contribution in [0, 0.1) is 5.92 Å². The second-order valence-corrected chi connectivity index (χ2v) is 5.32. The summed E-state index contributed by atoms with van der Waals surface area (Å²) in [7, 11) is 0. The molecule has 2 saturated heterocycles. The normalized spacial score (nSPS) is 33.4. The quantitative estimate of drug-likeness (QED) is 0.745. The van der Waals surface area contributed by atoms with E-state index >= 15 is 0 Å². The summed E-state index contributed by atoms with van der Waals surface area (Å²) in [5.74, 6) is 0.864. The van der Waals surface area contributed by atoms with E-state index in [4.69, 9.17) is 4.74 Å². The highest BCUT2D eigenvalue weighted by Gasteiger charge is 2.29. The summed E-state index contributed by atoms with van der Waals surface area (Å²) in [6, 6.07) is 0.859. The average Bonchev–Trinajstić information content (AvgIpc) is 3.05. The molecule has 1 N–H and O–H groups in total. The zero-order valence-electron chi connectivity index (χ0n) is 10.0. The molecule has 3 fully saturated rings. The molecule has 0 aromatic carbocycles. The van der Waals surface area contributed by atoms with E-state index in [1.54, 1.807) is 0 Å². The SMILES string of the molecule is C1CN(N2CCC(CNC3CC3)C2)CCO1. The third kappa shape index (κ3) is 2.74. The lowest BCUT2D eigenvalue weighted by molar-refractivity contribution is -0.0790. The van der Waals surface area contributed by atoms with Gasteiger partial charge < -0.3 is 10.1 Å². The van der Waals surface area contributed by atoms with Crippen LogP contribution in [-0.4, -0.2) is 62.0 Å². The molecule has 0 aromatic rings. The van der Waals surface area contributed by atoms with E-state index < -0.39 is 0 Å². The van der Waals surface area contributed by atoms with Crippen molar-refractivity contribution in [3.63, 3.8) is 0 Å². The summed E-state index contributed by atoms with van der Waals surface area (Å²) in [6.07, 6.45) is 4.16. The molecule has 4 nitrogen and oxygen atoms in total. The molecule has 16 heavy (non-hydrogen) atoms. The summed E-state index contributed by atoms with van der Waals surface area (Å²) >= 11 is 0. The van der Waals surface area contributed by atoms with E-state index in [9.17, 15) is 0 Å². The van der Waals surface area contributed by atoms with Crippen molar-refractivity contribution in [2.24, 2.45) is 5.92 Å². The van der Waals surface area contributed by atoms with E-state index in [1.165, 1.54) is 38.9 Å². The minimum absolute atomic E-state index is 0.859. The largest absolute Gasteiger partial charge is 0.379 e. The number of hydrazine groups is 1. The van der Waals surface area contributed by atoms with Gasteiger partial charge in [0.05, 0.1) is 13.2 Å². The molecule has 3 rings (SSSR count). The molecule has 0 spiro atoms. The summed E-state index contributed by atoms with van der Waals surface area (Å²) in [4.78, 5) is 0. The van der Waals surface area contributed by atoms with Gasteiger partial charge in [0, 0.05) is 32.2 Å². The first-order valence-corrected chi connectivity index (χ1v) is 6.73. The maximum Gasteiger partial charge on any atom is 0.0608 e. The average molecular weight is 225 g/mol. The summed E-state index contributed by atoms with van der Waals surface area (Å²) in [6.45, 7) is 7.71. The fourth-order valence-electron chi connectivity index (χ4n) is 2.69. The molecule has 1 saturated carbocycles. The first-order valence-electron chi connectivity index (χ1n) is 6.73. The molecule has 0 amide bonds. The van der Waals surface area contributed by atoms with Gasteiger partial charge in [0.15, 0.2) is 0 Å². The van der Waals surface area contributed by atoms with Crippen LogP contribution in [0.4, 0.5) is 0 Å². The second-order valence-electron chi connectivity index (χ2n) is 5.32. The molecule has 4 heteroatoms. The monoisotopic (exact) mass is 225 g/mol. The predicted octanol–water partition coefficient (Wildman–Crippen LogP) is 0.308. The molecular formula is C12H23N3O. The van der Waals surface area contributed by atoms with Crippen molar-refractivity contribution in [1.29, 1.82) is 0 Å². The molecule has 1 unspecified atom stereocenters. The third-order valence-corrected chi connectivity index (χ3v) is 3.92. The fourth-order valence-corrected chi connectivity index (χ4v) is 2.69. The minimum Gasteiger partial charge on any atom is -0.379 e. The topological polar surface area (TPSA) is 27.7 Å². The Balaban J connectivity index is 1.40. The molecule has 2 aliphatic heterocycles. The van der Waals surface area contributed by atoms with Gasteiger partial charge in [-0.15, -0.1) is 0 Å². The fraction of sp³-hybridized carbons (Fsp3) is 1.00. The van der Waals surface area contributed by atoms with Gasteiger partial charge in [0.25, 0.3) is 0 Å². The molecule has 92 valence electrons. The molecule has 1 atom stereocenters. The molecule has 2 heterocycles. The van der Waals surface area contributed by atoms with Crippen LogP contribution in [0.5, 0.6) is 0 Å². The zero-order chi connectivity index (χ0) is 10.8. The second kappa shape index (κ2) is 5.00. The van der Waals surface area contributed by atoms with Crippen LogP contribution in [0.1, 0.15) is 19.3 Å². The van der Waals surface area contributed by atoms with Crippen LogP contribution >= 0.6 is 0 Å². The van der Waals surface area contributed by atoms with Gasteiger partial charge >= 0.3 is 0 Å². The van der Waals surface area contributed by atoms with Crippen molar-refractivity contribution in [1.82, 2.24) is 15.3 Å². The van der Waals surface area contributed by atoms with Crippen molar-refractivity contribution >= 4 is 0 Å². The maximum atomic E-state index is 5.39. The molecule has 1 aliphatic carbocycles. The smallest absolute Gasteiger partial charge is 0.0608 e. The Bertz CT molecular complexity index is 226. The van der Waals surface area contributed by atoms with Crippen LogP contribution in [0.15, 0.2) is 0 Å². The molecule has 0 bridgehead atoms. The van der Waals surface area contributed by atoms with Crippen LogP contribution in [0.2, 0.25) is 0 Å². The Morgan fingerprint density at radius 1 is 1.00 bits per heavy atom. The van der Waals surface area contributed by atoms with Crippen molar-refractivity contribution in [2.75, 3.05) is 45.9 Å². The number of rotatable bonds is 4. The minimum atomic E-state index is 0.859. The Hall–Kier alpha value is -0.160. The van der Waals surface area contributed by atoms with Gasteiger partial charge in [-0.1, -0.05) is 0 Å². The van der Waals surface area contributed by atoms with Crippen LogP contribution in [0.25, 0.3) is 0 Å². The zero-order valence-corrected chi connectivity index (χ0v) is 10.0. The van der Waals surface area contributed by atoms with Gasteiger partial charge in [-0.3, -0.25) is 0 Å². The number of nitrogens with one attached hydrogen (secondary N) is 1. The molecule has 3 aliphatic rings. The highest BCUT2D eigenvalue weighted by Crippen LogP contribution is 2.22. The van der Waals surface area contributed by atoms with E-state index in [2.05, 4.69) is 15.3 Å². The van der Waals surface area contributed by atoms with E-state index in [0.29, 0.717) is 0 Å². The standard InChI is InChI=1S/C12H23N3O/c1-2-12(1)13-9-11-3-4-15(10-11)14-5-7-16-8-6-14/h11-13H,1-10H2. The van der Waals surface area contributed by atoms with Gasteiger partial charge in [-0.25, -0.2) is 10.0 Å². The van der Waals surface area contributed by atoms with E-state index in [-0.39, 0.29) is 0 Å². The van der Waals surface area contributed by atoms with Crippen molar-refractivity contribution < 1.29 is 4.74 Å². The van der Waals surface area contributed by atoms with Crippen molar-refractivity contribution in [2.45, 2.75) is 25.3 Å². The van der Waals surface area contributed by atoms with Crippen LogP contribution in [-0.2, 0) is 4.74 Å².